The van der Waals surface area contributed by atoms with Gasteiger partial charge in [0.1, 0.15) is 5.75 Å². The standard InChI is InChI=1S/C29H31N3O4/c1-20(2)17-30-29(33)16-26(22-7-6-8-23(15-22)32(34)35)27-19-31(28-10-5-4-9-25(27)28)18-21-11-13-24(36-3)14-12-21/h4-15,19-20,26H,16-18H2,1-3H3,(H,30,33). The molecule has 7 nitrogen and oxygen atoms in total. The van der Waals surface area contributed by atoms with Crippen molar-refractivity contribution in [1.82, 2.24) is 9.88 Å². The molecule has 3 aromatic carbocycles. The molecule has 0 bridgehead atoms. The van der Waals surface area contributed by atoms with E-state index in [4.69, 9.17) is 4.74 Å². The van der Waals surface area contributed by atoms with E-state index in [-0.39, 0.29) is 23.9 Å². The molecule has 1 heterocycles. The summed E-state index contributed by atoms with van der Waals surface area (Å²) in [6, 6.07) is 22.6. The molecule has 0 saturated heterocycles. The predicted molar refractivity (Wildman–Crippen MR) is 141 cm³/mol. The van der Waals surface area contributed by atoms with Crippen molar-refractivity contribution in [3.05, 3.63) is 106 Å². The molecule has 1 N–H and O–H groups in total. The summed E-state index contributed by atoms with van der Waals surface area (Å²) in [4.78, 5) is 24.0. The van der Waals surface area contributed by atoms with Crippen LogP contribution in [0, 0.1) is 16.0 Å². The molecule has 0 saturated carbocycles. The number of para-hydroxylation sites is 1. The number of nitro benzene ring substituents is 1. The van der Waals surface area contributed by atoms with Gasteiger partial charge in [0.05, 0.1) is 12.0 Å². The quantitative estimate of drug-likeness (QED) is 0.224. The number of methoxy groups -OCH3 is 1. The van der Waals surface area contributed by atoms with Crippen molar-refractivity contribution in [2.24, 2.45) is 5.92 Å². The third kappa shape index (κ3) is 5.74. The van der Waals surface area contributed by atoms with E-state index in [0.29, 0.717) is 19.0 Å². The van der Waals surface area contributed by atoms with Crippen LogP contribution >= 0.6 is 0 Å². The minimum Gasteiger partial charge on any atom is -0.497 e. The zero-order chi connectivity index (χ0) is 25.7. The van der Waals surface area contributed by atoms with Crippen LogP contribution in [0.1, 0.15) is 42.9 Å². The van der Waals surface area contributed by atoms with Crippen LogP contribution in [0.25, 0.3) is 10.9 Å². The highest BCUT2D eigenvalue weighted by Gasteiger charge is 2.24. The van der Waals surface area contributed by atoms with E-state index in [2.05, 4.69) is 22.1 Å². The molecule has 186 valence electrons. The van der Waals surface area contributed by atoms with Gasteiger partial charge in [0.15, 0.2) is 0 Å². The van der Waals surface area contributed by atoms with Crippen molar-refractivity contribution in [3.63, 3.8) is 0 Å². The number of benzene rings is 3. The number of nitrogens with zero attached hydrogens (tertiary/aromatic N) is 2. The number of carbonyl (C=O) groups excluding carboxylic acids is 1. The number of nitro groups is 1. The van der Waals surface area contributed by atoms with Crippen molar-refractivity contribution < 1.29 is 14.5 Å². The number of aromatic nitrogens is 1. The van der Waals surface area contributed by atoms with Gasteiger partial charge in [-0.05, 0) is 40.8 Å². The van der Waals surface area contributed by atoms with E-state index in [0.717, 1.165) is 33.3 Å². The van der Waals surface area contributed by atoms with Gasteiger partial charge in [0.25, 0.3) is 5.69 Å². The molecule has 1 amide bonds. The van der Waals surface area contributed by atoms with Crippen LogP contribution in [0.15, 0.2) is 79.0 Å². The number of nitrogens with one attached hydrogen (secondary N) is 1. The summed E-state index contributed by atoms with van der Waals surface area (Å²) in [5.41, 5.74) is 3.89. The molecule has 1 aromatic heterocycles. The summed E-state index contributed by atoms with van der Waals surface area (Å²) in [5, 5.41) is 15.5. The summed E-state index contributed by atoms with van der Waals surface area (Å²) in [6.07, 6.45) is 2.28. The molecule has 0 fully saturated rings. The SMILES string of the molecule is COc1ccc(Cn2cc(C(CC(=O)NCC(C)C)c3cccc([N+](=O)[O-])c3)c3ccccc32)cc1. The van der Waals surface area contributed by atoms with Crippen LogP contribution in [0.3, 0.4) is 0 Å². The molecule has 1 unspecified atom stereocenters. The lowest BCUT2D eigenvalue weighted by Crippen LogP contribution is -2.28. The lowest BCUT2D eigenvalue weighted by atomic mass is 9.87. The van der Waals surface area contributed by atoms with E-state index >= 15 is 0 Å². The number of hydrogen-bond donors (Lipinski definition) is 1. The molecule has 1 atom stereocenters. The number of ether oxygens (including phenoxy) is 1. The van der Waals surface area contributed by atoms with Gasteiger partial charge in [-0.1, -0.05) is 56.3 Å². The number of non-ortho nitro benzene ring substituents is 1. The normalized spacial score (nSPS) is 12.0. The van der Waals surface area contributed by atoms with Gasteiger partial charge in [0.2, 0.25) is 5.91 Å². The molecular weight excluding hydrogens is 454 g/mol. The van der Waals surface area contributed by atoms with Crippen LogP contribution < -0.4 is 10.1 Å². The summed E-state index contributed by atoms with van der Waals surface area (Å²) in [6.45, 7) is 5.32. The lowest BCUT2D eigenvalue weighted by molar-refractivity contribution is -0.384. The Morgan fingerprint density at radius 2 is 1.81 bits per heavy atom. The van der Waals surface area contributed by atoms with E-state index < -0.39 is 4.92 Å². The Morgan fingerprint density at radius 1 is 1.06 bits per heavy atom. The van der Waals surface area contributed by atoms with Gasteiger partial charge in [-0.3, -0.25) is 14.9 Å². The molecule has 4 rings (SSSR count). The molecular formula is C29H31N3O4. The van der Waals surface area contributed by atoms with Gasteiger partial charge >= 0.3 is 0 Å². The first-order valence-electron chi connectivity index (χ1n) is 12.1. The number of fused-ring (bicyclic) bond motifs is 1. The highest BCUT2D eigenvalue weighted by atomic mass is 16.6. The lowest BCUT2D eigenvalue weighted by Gasteiger charge is -2.18. The van der Waals surface area contributed by atoms with E-state index in [1.54, 1.807) is 19.2 Å². The molecule has 0 spiro atoms. The maximum Gasteiger partial charge on any atom is 0.269 e. The first kappa shape index (κ1) is 25.0. The van der Waals surface area contributed by atoms with Gasteiger partial charge in [-0.15, -0.1) is 0 Å². The third-order valence-corrected chi connectivity index (χ3v) is 6.29. The van der Waals surface area contributed by atoms with Crippen LogP contribution in [0.4, 0.5) is 5.69 Å². The second-order valence-corrected chi connectivity index (χ2v) is 9.38. The number of amides is 1. The molecule has 0 aliphatic carbocycles. The predicted octanol–water partition coefficient (Wildman–Crippen LogP) is 5.90. The molecule has 7 heteroatoms. The molecule has 0 radical (unpaired) electrons. The van der Waals surface area contributed by atoms with Gasteiger partial charge in [0, 0.05) is 54.7 Å². The Bertz CT molecular complexity index is 1360. The number of hydrogen-bond acceptors (Lipinski definition) is 4. The molecule has 0 aliphatic heterocycles. The fourth-order valence-electron chi connectivity index (χ4n) is 4.45. The van der Waals surface area contributed by atoms with Crippen molar-refractivity contribution in [3.8, 4) is 5.75 Å². The fourth-order valence-corrected chi connectivity index (χ4v) is 4.45. The Kier molecular flexibility index (Phi) is 7.68. The first-order valence-corrected chi connectivity index (χ1v) is 12.1. The molecule has 0 aliphatic rings. The minimum absolute atomic E-state index is 0.0158. The summed E-state index contributed by atoms with van der Waals surface area (Å²) in [7, 11) is 1.64. The Morgan fingerprint density at radius 3 is 2.50 bits per heavy atom. The van der Waals surface area contributed by atoms with Crippen molar-refractivity contribution in [1.29, 1.82) is 0 Å². The highest BCUT2D eigenvalue weighted by Crippen LogP contribution is 2.36. The number of rotatable bonds is 10. The van der Waals surface area contributed by atoms with Crippen molar-refractivity contribution >= 4 is 22.5 Å². The Hall–Kier alpha value is -4.13. The zero-order valence-corrected chi connectivity index (χ0v) is 20.8. The minimum atomic E-state index is -0.396. The van der Waals surface area contributed by atoms with Crippen LogP contribution in [-0.2, 0) is 11.3 Å². The topological polar surface area (TPSA) is 86.4 Å². The monoisotopic (exact) mass is 485 g/mol. The smallest absolute Gasteiger partial charge is 0.269 e. The van der Waals surface area contributed by atoms with Crippen LogP contribution in [0.2, 0.25) is 0 Å². The highest BCUT2D eigenvalue weighted by molar-refractivity contribution is 5.87. The second kappa shape index (κ2) is 11.1. The maximum atomic E-state index is 13.0. The largest absolute Gasteiger partial charge is 0.497 e. The molecule has 4 aromatic rings. The maximum absolute atomic E-state index is 13.0. The first-order chi connectivity index (χ1) is 17.4. The fraction of sp³-hybridized carbons (Fsp3) is 0.276. The molecule has 36 heavy (non-hydrogen) atoms. The zero-order valence-electron chi connectivity index (χ0n) is 20.8. The van der Waals surface area contributed by atoms with Gasteiger partial charge in [-0.25, -0.2) is 0 Å². The average molecular weight is 486 g/mol. The van der Waals surface area contributed by atoms with Gasteiger partial charge in [-0.2, -0.15) is 0 Å². The Balaban J connectivity index is 1.77. The van der Waals surface area contributed by atoms with Crippen molar-refractivity contribution in [2.45, 2.75) is 32.7 Å². The van der Waals surface area contributed by atoms with E-state index in [1.165, 1.54) is 6.07 Å². The summed E-state index contributed by atoms with van der Waals surface area (Å²) >= 11 is 0. The van der Waals surface area contributed by atoms with Crippen molar-refractivity contribution in [2.75, 3.05) is 13.7 Å². The van der Waals surface area contributed by atoms with E-state index in [9.17, 15) is 14.9 Å². The third-order valence-electron chi connectivity index (χ3n) is 6.29. The number of carbonyl (C=O) groups is 1. The van der Waals surface area contributed by atoms with Crippen LogP contribution in [-0.4, -0.2) is 29.1 Å². The van der Waals surface area contributed by atoms with Gasteiger partial charge < -0.3 is 14.6 Å². The average Bonchev–Trinajstić information content (AvgIpc) is 3.24. The summed E-state index contributed by atoms with van der Waals surface area (Å²) in [5.74, 6) is 0.720. The summed E-state index contributed by atoms with van der Waals surface area (Å²) < 4.78 is 7.45. The van der Waals surface area contributed by atoms with Crippen LogP contribution in [0.5, 0.6) is 5.75 Å². The Labute approximate surface area is 210 Å². The second-order valence-electron chi connectivity index (χ2n) is 9.38. The van der Waals surface area contributed by atoms with E-state index in [1.807, 2.05) is 62.4 Å².